The molecule has 1 atom stereocenters. The fraction of sp³-hybridized carbons (Fsp3) is 0.214. The third kappa shape index (κ3) is 3.69. The first-order chi connectivity index (χ1) is 17.1. The number of hydrogen-bond donors (Lipinski definition) is 2. The maximum absolute atomic E-state index is 13.4. The molecule has 0 unspecified atom stereocenters. The summed E-state index contributed by atoms with van der Waals surface area (Å²) in [5.74, 6) is 1.25. The molecular formula is C28H25N3O4. The van der Waals surface area contributed by atoms with E-state index in [0.29, 0.717) is 30.2 Å². The first kappa shape index (κ1) is 21.3. The number of benzene rings is 3. The fourth-order valence-corrected chi connectivity index (χ4v) is 5.12. The van der Waals surface area contributed by atoms with E-state index in [0.717, 1.165) is 33.3 Å². The molecule has 2 N–H and O–H groups in total. The van der Waals surface area contributed by atoms with E-state index >= 15 is 0 Å². The molecule has 3 aromatic carbocycles. The molecule has 2 aliphatic rings. The van der Waals surface area contributed by atoms with Crippen LogP contribution in [0.3, 0.4) is 0 Å². The maximum Gasteiger partial charge on any atom is 0.255 e. The Labute approximate surface area is 202 Å². The molecule has 4 aromatic rings. The number of rotatable bonds is 6. The lowest BCUT2D eigenvalue weighted by molar-refractivity contribution is -0.121. The van der Waals surface area contributed by atoms with E-state index in [4.69, 9.17) is 9.47 Å². The average molecular weight is 468 g/mol. The molecule has 0 spiro atoms. The van der Waals surface area contributed by atoms with Gasteiger partial charge in [-0.2, -0.15) is 0 Å². The number of H-pyrrole nitrogens is 1. The van der Waals surface area contributed by atoms with Gasteiger partial charge in [-0.25, -0.2) is 0 Å². The van der Waals surface area contributed by atoms with Crippen LogP contribution < -0.4 is 14.8 Å². The summed E-state index contributed by atoms with van der Waals surface area (Å²) in [5, 5.41) is 4.06. The van der Waals surface area contributed by atoms with Gasteiger partial charge in [0.25, 0.3) is 5.91 Å². The lowest BCUT2D eigenvalue weighted by Gasteiger charge is -2.26. The second-order valence-corrected chi connectivity index (χ2v) is 8.91. The Morgan fingerprint density at radius 3 is 2.77 bits per heavy atom. The largest absolute Gasteiger partial charge is 0.454 e. The van der Waals surface area contributed by atoms with Gasteiger partial charge in [-0.1, -0.05) is 42.5 Å². The van der Waals surface area contributed by atoms with Gasteiger partial charge < -0.3 is 24.7 Å². The van der Waals surface area contributed by atoms with Gasteiger partial charge >= 0.3 is 0 Å². The van der Waals surface area contributed by atoms with Crippen molar-refractivity contribution < 1.29 is 19.1 Å². The highest BCUT2D eigenvalue weighted by molar-refractivity contribution is 6.01. The van der Waals surface area contributed by atoms with Crippen molar-refractivity contribution in [2.24, 2.45) is 0 Å². The van der Waals surface area contributed by atoms with Crippen LogP contribution in [0.25, 0.3) is 10.9 Å². The zero-order valence-electron chi connectivity index (χ0n) is 19.3. The van der Waals surface area contributed by atoms with Crippen LogP contribution in [0, 0.1) is 6.92 Å². The van der Waals surface area contributed by atoms with Crippen LogP contribution in [0.15, 0.2) is 66.7 Å². The van der Waals surface area contributed by atoms with Crippen molar-refractivity contribution in [2.45, 2.75) is 25.9 Å². The van der Waals surface area contributed by atoms with Gasteiger partial charge in [0.1, 0.15) is 0 Å². The summed E-state index contributed by atoms with van der Waals surface area (Å²) in [4.78, 5) is 31.4. The second-order valence-electron chi connectivity index (χ2n) is 8.91. The number of carbonyl (C=O) groups excluding carboxylic acids is 2. The normalized spacial score (nSPS) is 16.1. The van der Waals surface area contributed by atoms with Crippen LogP contribution in [0.5, 0.6) is 11.5 Å². The number of aromatic amines is 1. The molecule has 0 saturated heterocycles. The van der Waals surface area contributed by atoms with Crippen LogP contribution in [-0.4, -0.2) is 35.0 Å². The Morgan fingerprint density at radius 1 is 1.06 bits per heavy atom. The summed E-state index contributed by atoms with van der Waals surface area (Å²) in [5.41, 5.74) is 5.75. The molecule has 2 amide bonds. The van der Waals surface area contributed by atoms with E-state index in [9.17, 15) is 9.59 Å². The van der Waals surface area contributed by atoms with Crippen LogP contribution >= 0.6 is 0 Å². The smallest absolute Gasteiger partial charge is 0.255 e. The molecule has 7 nitrogen and oxygen atoms in total. The number of aryl methyl sites for hydroxylation is 1. The van der Waals surface area contributed by atoms with Gasteiger partial charge in [0, 0.05) is 47.2 Å². The van der Waals surface area contributed by atoms with Gasteiger partial charge in [-0.05, 0) is 42.3 Å². The molecule has 0 saturated carbocycles. The Kier molecular flexibility index (Phi) is 5.17. The lowest BCUT2D eigenvalue weighted by atomic mass is 9.95. The topological polar surface area (TPSA) is 83.7 Å². The molecule has 2 aliphatic heterocycles. The average Bonchev–Trinajstić information content (AvgIpc) is 3.55. The molecule has 6 rings (SSSR count). The van der Waals surface area contributed by atoms with E-state index in [1.54, 1.807) is 0 Å². The highest BCUT2D eigenvalue weighted by atomic mass is 16.7. The lowest BCUT2D eigenvalue weighted by Crippen LogP contribution is -2.34. The van der Waals surface area contributed by atoms with Crippen molar-refractivity contribution in [1.82, 2.24) is 15.2 Å². The minimum absolute atomic E-state index is 0.0427. The third-order valence-electron chi connectivity index (χ3n) is 6.78. The number of nitrogens with one attached hydrogen (secondary N) is 2. The number of ether oxygens (including phenoxy) is 2. The van der Waals surface area contributed by atoms with Crippen molar-refractivity contribution in [3.8, 4) is 11.5 Å². The van der Waals surface area contributed by atoms with Crippen molar-refractivity contribution in [2.75, 3.05) is 13.3 Å². The Bertz CT molecular complexity index is 1460. The van der Waals surface area contributed by atoms with Crippen molar-refractivity contribution in [3.05, 3.63) is 94.7 Å². The predicted octanol–water partition coefficient (Wildman–Crippen LogP) is 4.46. The molecule has 35 heavy (non-hydrogen) atoms. The number of nitrogens with zero attached hydrogens (tertiary/aromatic N) is 1. The van der Waals surface area contributed by atoms with Crippen LogP contribution in [0.1, 0.15) is 45.2 Å². The number of aromatic nitrogens is 1. The Balaban J connectivity index is 1.22. The first-order valence-electron chi connectivity index (χ1n) is 11.7. The van der Waals surface area contributed by atoms with Crippen molar-refractivity contribution in [1.29, 1.82) is 0 Å². The minimum atomic E-state index is -0.239. The Hall–Kier alpha value is -4.26. The molecule has 0 radical (unpaired) electrons. The van der Waals surface area contributed by atoms with Crippen molar-refractivity contribution >= 4 is 22.7 Å². The summed E-state index contributed by atoms with van der Waals surface area (Å²) < 4.78 is 10.7. The van der Waals surface area contributed by atoms with Crippen LogP contribution in [0.4, 0.5) is 0 Å². The fourth-order valence-electron chi connectivity index (χ4n) is 5.12. The number of carbonyl (C=O) groups is 2. The summed E-state index contributed by atoms with van der Waals surface area (Å²) >= 11 is 0. The zero-order valence-corrected chi connectivity index (χ0v) is 19.3. The van der Waals surface area contributed by atoms with Gasteiger partial charge in [0.05, 0.1) is 6.04 Å². The molecule has 1 aromatic heterocycles. The van der Waals surface area contributed by atoms with E-state index in [1.165, 1.54) is 0 Å². The molecule has 7 heteroatoms. The minimum Gasteiger partial charge on any atom is -0.454 e. The standard InChI is InChI=1S/C28H25N3O4/c1-17-26(21-8-4-5-9-22(21)30-17)27-19-6-2-3-7-20(19)28(33)31(27)13-12-25(32)29-15-18-10-11-23-24(14-18)35-16-34-23/h2-11,14,27,30H,12-13,15-16H2,1H3,(H,29,32)/t27-/m1/s1. The zero-order chi connectivity index (χ0) is 23.9. The quantitative estimate of drug-likeness (QED) is 0.439. The van der Waals surface area contributed by atoms with Gasteiger partial charge in [0.2, 0.25) is 12.7 Å². The SMILES string of the molecule is Cc1[nH]c2ccccc2c1[C@H]1c2ccccc2C(=O)N1CCC(=O)NCc1ccc2c(c1)OCO2. The number of hydrogen-bond acceptors (Lipinski definition) is 4. The highest BCUT2D eigenvalue weighted by Crippen LogP contribution is 2.42. The van der Waals surface area contributed by atoms with E-state index in [2.05, 4.69) is 16.4 Å². The number of amides is 2. The summed E-state index contributed by atoms with van der Waals surface area (Å²) in [6, 6.07) is 21.2. The maximum atomic E-state index is 13.4. The van der Waals surface area contributed by atoms with E-state index < -0.39 is 0 Å². The first-order valence-corrected chi connectivity index (χ1v) is 11.7. The van der Waals surface area contributed by atoms with Crippen LogP contribution in [0.2, 0.25) is 0 Å². The van der Waals surface area contributed by atoms with Gasteiger partial charge in [-0.3, -0.25) is 9.59 Å². The highest BCUT2D eigenvalue weighted by Gasteiger charge is 2.39. The molecular weight excluding hydrogens is 442 g/mol. The van der Waals surface area contributed by atoms with E-state index in [1.807, 2.05) is 72.5 Å². The number of fused-ring (bicyclic) bond motifs is 3. The van der Waals surface area contributed by atoms with Gasteiger partial charge in [0.15, 0.2) is 11.5 Å². The Morgan fingerprint density at radius 2 is 1.86 bits per heavy atom. The summed E-state index contributed by atoms with van der Waals surface area (Å²) in [6.07, 6.45) is 0.210. The monoisotopic (exact) mass is 467 g/mol. The summed E-state index contributed by atoms with van der Waals surface area (Å²) in [6.45, 7) is 2.96. The van der Waals surface area contributed by atoms with Crippen LogP contribution in [-0.2, 0) is 11.3 Å². The summed E-state index contributed by atoms with van der Waals surface area (Å²) in [7, 11) is 0. The molecule has 0 bridgehead atoms. The predicted molar refractivity (Wildman–Crippen MR) is 131 cm³/mol. The third-order valence-corrected chi connectivity index (χ3v) is 6.78. The van der Waals surface area contributed by atoms with E-state index in [-0.39, 0.29) is 31.1 Å². The van der Waals surface area contributed by atoms with Gasteiger partial charge in [-0.15, -0.1) is 0 Å². The molecule has 0 fully saturated rings. The number of para-hydroxylation sites is 1. The van der Waals surface area contributed by atoms with Crippen molar-refractivity contribution in [3.63, 3.8) is 0 Å². The molecule has 0 aliphatic carbocycles. The molecule has 176 valence electrons. The second kappa shape index (κ2) is 8.51. The molecule has 3 heterocycles.